The first kappa shape index (κ1) is 23.0. The molecule has 2 nitrogen and oxygen atoms in total. The number of pyridine rings is 1. The average molecular weight is 468 g/mol. The van der Waals surface area contributed by atoms with E-state index in [-0.39, 0.29) is 5.41 Å². The highest BCUT2D eigenvalue weighted by Gasteiger charge is 2.24. The lowest BCUT2D eigenvalue weighted by Crippen LogP contribution is -2.35. The molecular weight excluding hydrogens is 432 g/mol. The van der Waals surface area contributed by atoms with E-state index in [1.807, 2.05) is 11.3 Å². The fourth-order valence-corrected chi connectivity index (χ4v) is 6.51. The van der Waals surface area contributed by atoms with Gasteiger partial charge < -0.3 is 0 Å². The highest BCUT2D eigenvalue weighted by atomic mass is 32.1. The molecule has 0 saturated heterocycles. The molecule has 0 spiro atoms. The number of hydrogen-bond acceptors (Lipinski definition) is 2. The quantitative estimate of drug-likeness (QED) is 0.242. The van der Waals surface area contributed by atoms with Crippen LogP contribution in [0.3, 0.4) is 0 Å². The standard InChI is InChI=1S/C31H35N2S/c1-19-13-20(2)15-23(14-19)28-30-27(26(18-32-28)33(6,7)8)25-12-10-22-16-21(17-31(3,4)5)9-11-24(22)29(25)34-30/h9-16,18H,17H2,1-8H3/q+1. The van der Waals surface area contributed by atoms with E-state index in [0.29, 0.717) is 0 Å². The van der Waals surface area contributed by atoms with E-state index in [0.717, 1.165) is 16.6 Å². The minimum atomic E-state index is 0.279. The van der Waals surface area contributed by atoms with Crippen LogP contribution in [0, 0.1) is 19.3 Å². The van der Waals surface area contributed by atoms with Crippen LogP contribution in [0.25, 0.3) is 42.2 Å². The van der Waals surface area contributed by atoms with Crippen LogP contribution in [0.5, 0.6) is 0 Å². The predicted octanol–water partition coefficient (Wildman–Crippen LogP) is 8.67. The maximum atomic E-state index is 5.05. The number of aryl methyl sites for hydroxylation is 2. The largest absolute Gasteiger partial charge is 0.296 e. The van der Waals surface area contributed by atoms with Gasteiger partial charge in [0.05, 0.1) is 43.1 Å². The topological polar surface area (TPSA) is 12.9 Å². The van der Waals surface area contributed by atoms with E-state index in [2.05, 4.69) is 110 Å². The van der Waals surface area contributed by atoms with Gasteiger partial charge in [0.2, 0.25) is 0 Å². The molecule has 0 aliphatic carbocycles. The monoisotopic (exact) mass is 467 g/mol. The number of fused-ring (bicyclic) bond motifs is 5. The van der Waals surface area contributed by atoms with Gasteiger partial charge >= 0.3 is 0 Å². The Morgan fingerprint density at radius 3 is 2.15 bits per heavy atom. The molecule has 2 aromatic heterocycles. The Bertz CT molecular complexity index is 1540. The summed E-state index contributed by atoms with van der Waals surface area (Å²) in [6, 6.07) is 18.4. The second kappa shape index (κ2) is 7.90. The predicted molar refractivity (Wildman–Crippen MR) is 152 cm³/mol. The molecule has 5 rings (SSSR count). The van der Waals surface area contributed by atoms with Crippen LogP contribution in [0.2, 0.25) is 0 Å². The van der Waals surface area contributed by atoms with Gasteiger partial charge in [0.15, 0.2) is 5.69 Å². The molecule has 34 heavy (non-hydrogen) atoms. The number of quaternary nitrogens is 1. The summed E-state index contributed by atoms with van der Waals surface area (Å²) >= 11 is 1.90. The number of hydrogen-bond donors (Lipinski definition) is 0. The molecule has 0 bridgehead atoms. The number of aromatic nitrogens is 1. The van der Waals surface area contributed by atoms with Gasteiger partial charge in [-0.15, -0.1) is 11.3 Å². The third-order valence-electron chi connectivity index (χ3n) is 6.47. The number of thiophene rings is 1. The Labute approximate surface area is 207 Å². The van der Waals surface area contributed by atoms with Crippen molar-refractivity contribution in [1.82, 2.24) is 9.47 Å². The summed E-state index contributed by atoms with van der Waals surface area (Å²) in [5.41, 5.74) is 7.80. The number of rotatable bonds is 3. The maximum Gasteiger partial charge on any atom is 0.160 e. The van der Waals surface area contributed by atoms with Crippen LogP contribution in [0.15, 0.2) is 54.7 Å². The molecule has 0 amide bonds. The van der Waals surface area contributed by atoms with Gasteiger partial charge in [-0.05, 0) is 54.2 Å². The Balaban J connectivity index is 1.84. The van der Waals surface area contributed by atoms with Crippen molar-refractivity contribution in [3.8, 4) is 11.3 Å². The third-order valence-corrected chi connectivity index (χ3v) is 7.72. The molecule has 0 N–H and O–H groups in total. The zero-order chi connectivity index (χ0) is 24.4. The van der Waals surface area contributed by atoms with Gasteiger partial charge in [0.1, 0.15) is 0 Å². The van der Waals surface area contributed by atoms with Crippen LogP contribution in [-0.2, 0) is 6.42 Å². The van der Waals surface area contributed by atoms with E-state index >= 15 is 0 Å². The van der Waals surface area contributed by atoms with Crippen molar-refractivity contribution < 1.29 is 0 Å². The van der Waals surface area contributed by atoms with Gasteiger partial charge in [-0.25, -0.2) is 4.98 Å². The van der Waals surface area contributed by atoms with Crippen molar-refractivity contribution in [3.05, 3.63) is 71.4 Å². The first-order chi connectivity index (χ1) is 15.9. The zero-order valence-electron chi connectivity index (χ0n) is 21.7. The van der Waals surface area contributed by atoms with E-state index in [1.165, 1.54) is 58.9 Å². The van der Waals surface area contributed by atoms with Gasteiger partial charge in [0.25, 0.3) is 0 Å². The molecule has 2 heterocycles. The summed E-state index contributed by atoms with van der Waals surface area (Å²) < 4.78 is 3.39. The Morgan fingerprint density at radius 1 is 0.824 bits per heavy atom. The highest BCUT2D eigenvalue weighted by Crippen LogP contribution is 2.46. The fraction of sp³-hybridized carbons (Fsp3) is 0.323. The summed E-state index contributed by atoms with van der Waals surface area (Å²) in [6.45, 7) is 11.3. The van der Waals surface area contributed by atoms with Crippen LogP contribution < -0.4 is 4.48 Å². The maximum absolute atomic E-state index is 5.05. The van der Waals surface area contributed by atoms with E-state index in [1.54, 1.807) is 0 Å². The molecule has 0 aliphatic rings. The van der Waals surface area contributed by atoms with Crippen LogP contribution in [0.4, 0.5) is 5.69 Å². The summed E-state index contributed by atoms with van der Waals surface area (Å²) in [4.78, 5) is 5.05. The molecule has 0 fully saturated rings. The molecule has 174 valence electrons. The first-order valence-corrected chi connectivity index (χ1v) is 12.9. The van der Waals surface area contributed by atoms with E-state index in [9.17, 15) is 0 Å². The van der Waals surface area contributed by atoms with Crippen LogP contribution >= 0.6 is 11.3 Å². The molecular formula is C31H35N2S+. The summed E-state index contributed by atoms with van der Waals surface area (Å²) in [5.74, 6) is 0. The van der Waals surface area contributed by atoms with Crippen molar-refractivity contribution in [1.29, 1.82) is 0 Å². The van der Waals surface area contributed by atoms with Crippen LogP contribution in [0.1, 0.15) is 37.5 Å². The Kier molecular flexibility index (Phi) is 5.34. The normalized spacial score (nSPS) is 12.8. The van der Waals surface area contributed by atoms with E-state index in [4.69, 9.17) is 4.98 Å². The molecule has 3 aromatic carbocycles. The highest BCUT2D eigenvalue weighted by molar-refractivity contribution is 7.27. The van der Waals surface area contributed by atoms with E-state index < -0.39 is 0 Å². The lowest BCUT2D eigenvalue weighted by molar-refractivity contribution is 0.411. The van der Waals surface area contributed by atoms with Crippen LogP contribution in [-0.4, -0.2) is 26.1 Å². The smallest absolute Gasteiger partial charge is 0.160 e. The molecule has 0 unspecified atom stereocenters. The minimum absolute atomic E-state index is 0.279. The van der Waals surface area contributed by atoms with Gasteiger partial charge in [-0.2, -0.15) is 0 Å². The first-order valence-electron chi connectivity index (χ1n) is 12.1. The Hall–Kier alpha value is -2.75. The van der Waals surface area contributed by atoms with Crippen molar-refractivity contribution in [3.63, 3.8) is 0 Å². The summed E-state index contributed by atoms with van der Waals surface area (Å²) in [6.07, 6.45) is 3.18. The number of nitrogens with zero attached hydrogens (tertiary/aromatic N) is 2. The van der Waals surface area contributed by atoms with Crippen molar-refractivity contribution in [2.75, 3.05) is 21.1 Å². The van der Waals surface area contributed by atoms with Gasteiger partial charge in [0, 0.05) is 15.6 Å². The van der Waals surface area contributed by atoms with Gasteiger partial charge in [-0.3, -0.25) is 4.48 Å². The second-order valence-corrected chi connectivity index (χ2v) is 12.9. The third kappa shape index (κ3) is 4.12. The molecule has 0 saturated carbocycles. The van der Waals surface area contributed by atoms with Crippen molar-refractivity contribution >= 4 is 48.0 Å². The zero-order valence-corrected chi connectivity index (χ0v) is 22.5. The lowest BCUT2D eigenvalue weighted by Gasteiger charge is -2.24. The SMILES string of the molecule is Cc1cc(C)cc(-c2ncc([N+](C)(C)C)c3c2sc2c4ccc(CC(C)(C)C)cc4ccc23)c1. The Morgan fingerprint density at radius 2 is 1.50 bits per heavy atom. The summed E-state index contributed by atoms with van der Waals surface area (Å²) in [5, 5.41) is 5.35. The number of benzene rings is 3. The lowest BCUT2D eigenvalue weighted by atomic mass is 9.87. The van der Waals surface area contributed by atoms with Crippen molar-refractivity contribution in [2.45, 2.75) is 41.0 Å². The molecule has 0 aliphatic heterocycles. The minimum Gasteiger partial charge on any atom is -0.296 e. The molecule has 5 aromatic rings. The molecule has 3 heteroatoms. The molecule has 0 radical (unpaired) electrons. The second-order valence-electron chi connectivity index (χ2n) is 11.9. The molecule has 0 atom stereocenters. The average Bonchev–Trinajstić information content (AvgIpc) is 3.10. The summed E-state index contributed by atoms with van der Waals surface area (Å²) in [7, 11) is 6.70. The van der Waals surface area contributed by atoms with Gasteiger partial charge in [-0.1, -0.05) is 68.3 Å². The fourth-order valence-electron chi connectivity index (χ4n) is 5.15. The van der Waals surface area contributed by atoms with Crippen molar-refractivity contribution in [2.24, 2.45) is 5.41 Å².